The van der Waals surface area contributed by atoms with E-state index in [9.17, 15) is 15.3 Å². The monoisotopic (exact) mass is 495 g/mol. The van der Waals surface area contributed by atoms with Gasteiger partial charge in [-0.2, -0.15) is 9.97 Å². The second-order valence-corrected chi connectivity index (χ2v) is 8.22. The molecule has 0 aromatic carbocycles. The van der Waals surface area contributed by atoms with Crippen LogP contribution in [0.15, 0.2) is 0 Å². The number of methoxy groups -OCH3 is 3. The van der Waals surface area contributed by atoms with Crippen molar-refractivity contribution in [3.05, 3.63) is 0 Å². The van der Waals surface area contributed by atoms with E-state index < -0.39 is 0 Å². The minimum Gasteiger partial charge on any atom is -0.492 e. The van der Waals surface area contributed by atoms with Crippen LogP contribution in [0.3, 0.4) is 0 Å². The van der Waals surface area contributed by atoms with E-state index in [0.717, 1.165) is 12.8 Å². The normalized spacial score (nSPS) is 14.6. The third kappa shape index (κ3) is 6.76. The Bertz CT molecular complexity index is 915. The highest BCUT2D eigenvalue weighted by molar-refractivity contribution is 5.91. The number of ether oxygens (including phenoxy) is 3. The van der Waals surface area contributed by atoms with Crippen LogP contribution in [0.1, 0.15) is 12.8 Å². The summed E-state index contributed by atoms with van der Waals surface area (Å²) in [6, 6.07) is 0. The largest absolute Gasteiger partial charge is 0.492 e. The number of aromatic nitrogens is 4. The zero-order valence-electron chi connectivity index (χ0n) is 20.8. The highest BCUT2D eigenvalue weighted by Crippen LogP contribution is 2.33. The van der Waals surface area contributed by atoms with Gasteiger partial charge < -0.3 is 44.2 Å². The molecule has 1 fully saturated rings. The lowest BCUT2D eigenvalue weighted by atomic mass is 10.1. The fraction of sp³-hybridized carbons (Fsp3) is 0.727. The Kier molecular flexibility index (Phi) is 10.4. The lowest BCUT2D eigenvalue weighted by Gasteiger charge is -2.33. The molecule has 0 spiro atoms. The van der Waals surface area contributed by atoms with E-state index in [0.29, 0.717) is 56.7 Å². The second kappa shape index (κ2) is 13.5. The van der Waals surface area contributed by atoms with Gasteiger partial charge in [0.05, 0.1) is 32.5 Å². The van der Waals surface area contributed by atoms with Crippen LogP contribution in [0.2, 0.25) is 0 Å². The van der Waals surface area contributed by atoms with Gasteiger partial charge in [-0.1, -0.05) is 0 Å². The van der Waals surface area contributed by atoms with Gasteiger partial charge in [-0.25, -0.2) is 9.97 Å². The molecule has 0 atom stereocenters. The number of anilines is 3. The molecule has 3 N–H and O–H groups in total. The standard InChI is InChI=1S/C22H37N7O6/c1-33-14-10-29(11-15-34-2)21-24-18-17(19(25-21)27-6-4-16(35-3)5-7-27)23-22(26-20(18)32)28(8-12-30)9-13-31/h16,30-31H,4-15H2,1-3H3,(H,23,26,32). The Balaban J connectivity index is 2.12. The van der Waals surface area contributed by atoms with E-state index in [1.807, 2.05) is 4.90 Å². The first-order valence-corrected chi connectivity index (χ1v) is 11.8. The van der Waals surface area contributed by atoms with Crippen LogP contribution in [-0.4, -0.2) is 128 Å². The minimum absolute atomic E-state index is 0.150. The van der Waals surface area contributed by atoms with Crippen molar-refractivity contribution in [1.82, 2.24) is 19.9 Å². The quantitative estimate of drug-likeness (QED) is 0.313. The molecule has 13 heteroatoms. The third-order valence-electron chi connectivity index (χ3n) is 5.99. The van der Waals surface area contributed by atoms with E-state index in [1.165, 1.54) is 0 Å². The molecule has 0 saturated carbocycles. The van der Waals surface area contributed by atoms with Gasteiger partial charge in [0.15, 0.2) is 11.3 Å². The van der Waals surface area contributed by atoms with Gasteiger partial charge in [-0.05, 0) is 12.8 Å². The van der Waals surface area contributed by atoms with Crippen LogP contribution < -0.4 is 14.7 Å². The van der Waals surface area contributed by atoms with E-state index in [1.54, 1.807) is 26.2 Å². The highest BCUT2D eigenvalue weighted by Gasteiger charge is 2.26. The predicted octanol–water partition coefficient (Wildman–Crippen LogP) is -0.369. The van der Waals surface area contributed by atoms with Crippen LogP contribution in [-0.2, 0) is 14.2 Å². The Morgan fingerprint density at radius 1 is 0.800 bits per heavy atom. The molecule has 1 aliphatic heterocycles. The Labute approximate surface area is 205 Å². The van der Waals surface area contributed by atoms with Crippen LogP contribution in [0.25, 0.3) is 11.0 Å². The van der Waals surface area contributed by atoms with Gasteiger partial charge >= 0.3 is 0 Å². The second-order valence-electron chi connectivity index (χ2n) is 8.22. The fourth-order valence-corrected chi connectivity index (χ4v) is 4.04. The summed E-state index contributed by atoms with van der Waals surface area (Å²) >= 11 is 0. The summed E-state index contributed by atoms with van der Waals surface area (Å²) in [6.45, 7) is 3.55. The summed E-state index contributed by atoms with van der Waals surface area (Å²) in [6.07, 6.45) is 1.85. The molecule has 13 nitrogen and oxygen atoms in total. The average Bonchev–Trinajstić information content (AvgIpc) is 2.88. The molecular weight excluding hydrogens is 458 g/mol. The van der Waals surface area contributed by atoms with Crippen molar-refractivity contribution < 1.29 is 29.5 Å². The summed E-state index contributed by atoms with van der Waals surface area (Å²) in [5, 5.41) is 29.8. The molecule has 196 valence electrons. The van der Waals surface area contributed by atoms with Crippen molar-refractivity contribution in [2.24, 2.45) is 0 Å². The molecule has 0 unspecified atom stereocenters. The van der Waals surface area contributed by atoms with Crippen LogP contribution in [0, 0.1) is 0 Å². The van der Waals surface area contributed by atoms with Gasteiger partial charge in [-0.15, -0.1) is 0 Å². The van der Waals surface area contributed by atoms with Gasteiger partial charge in [0.25, 0.3) is 0 Å². The topological polar surface area (TPSA) is 150 Å². The first kappa shape index (κ1) is 27.0. The van der Waals surface area contributed by atoms with Crippen LogP contribution in [0.5, 0.6) is 5.88 Å². The molecule has 35 heavy (non-hydrogen) atoms. The van der Waals surface area contributed by atoms with Crippen molar-refractivity contribution in [3.63, 3.8) is 0 Å². The summed E-state index contributed by atoms with van der Waals surface area (Å²) in [7, 11) is 4.98. The molecule has 0 aliphatic carbocycles. The molecule has 1 saturated heterocycles. The number of rotatable bonds is 14. The summed E-state index contributed by atoms with van der Waals surface area (Å²) in [5.41, 5.74) is 0.641. The SMILES string of the molecule is COCCN(CCOC)c1nc(N2CCC(OC)CC2)c2nc(N(CCO)CCO)nc(O)c2n1. The Morgan fingerprint density at radius 3 is 1.89 bits per heavy atom. The zero-order valence-corrected chi connectivity index (χ0v) is 20.8. The Morgan fingerprint density at radius 2 is 1.34 bits per heavy atom. The maximum Gasteiger partial charge on any atom is 0.243 e. The van der Waals surface area contributed by atoms with Crippen molar-refractivity contribution in [3.8, 4) is 5.88 Å². The number of nitrogens with zero attached hydrogens (tertiary/aromatic N) is 7. The summed E-state index contributed by atoms with van der Waals surface area (Å²) < 4.78 is 16.0. The van der Waals surface area contributed by atoms with Crippen LogP contribution >= 0.6 is 0 Å². The van der Waals surface area contributed by atoms with Crippen molar-refractivity contribution >= 4 is 28.7 Å². The molecule has 0 bridgehead atoms. The minimum atomic E-state index is -0.291. The first-order valence-electron chi connectivity index (χ1n) is 11.8. The number of hydrogen-bond acceptors (Lipinski definition) is 13. The van der Waals surface area contributed by atoms with Gasteiger partial charge in [-0.3, -0.25) is 0 Å². The van der Waals surface area contributed by atoms with Crippen molar-refractivity contribution in [2.45, 2.75) is 18.9 Å². The van der Waals surface area contributed by atoms with Gasteiger partial charge in [0.1, 0.15) is 5.52 Å². The molecule has 0 radical (unpaired) electrons. The van der Waals surface area contributed by atoms with Crippen LogP contribution in [0.4, 0.5) is 17.7 Å². The fourth-order valence-electron chi connectivity index (χ4n) is 4.04. The summed E-state index contributed by atoms with van der Waals surface area (Å²) in [5.74, 6) is 0.912. The molecular formula is C22H37N7O6. The zero-order chi connectivity index (χ0) is 25.2. The number of piperidine rings is 1. The van der Waals surface area contributed by atoms with E-state index in [2.05, 4.69) is 19.9 Å². The van der Waals surface area contributed by atoms with Crippen molar-refractivity contribution in [1.29, 1.82) is 0 Å². The lowest BCUT2D eigenvalue weighted by molar-refractivity contribution is 0.0818. The number of aliphatic hydroxyl groups is 2. The maximum absolute atomic E-state index is 10.9. The molecule has 2 aromatic heterocycles. The predicted molar refractivity (Wildman–Crippen MR) is 131 cm³/mol. The molecule has 3 rings (SSSR count). The lowest BCUT2D eigenvalue weighted by Crippen LogP contribution is -2.38. The molecule has 2 aromatic rings. The molecule has 3 heterocycles. The number of fused-ring (bicyclic) bond motifs is 1. The highest BCUT2D eigenvalue weighted by atomic mass is 16.5. The number of hydrogen-bond donors (Lipinski definition) is 3. The smallest absolute Gasteiger partial charge is 0.243 e. The maximum atomic E-state index is 10.9. The van der Waals surface area contributed by atoms with Gasteiger partial charge in [0, 0.05) is 60.6 Å². The molecule has 1 aliphatic rings. The van der Waals surface area contributed by atoms with E-state index in [4.69, 9.17) is 19.2 Å². The molecule has 0 amide bonds. The van der Waals surface area contributed by atoms with E-state index >= 15 is 0 Å². The Hall–Kier alpha value is -2.58. The summed E-state index contributed by atoms with van der Waals surface area (Å²) in [4.78, 5) is 24.1. The number of aromatic hydroxyl groups is 1. The first-order chi connectivity index (χ1) is 17.1. The van der Waals surface area contributed by atoms with Gasteiger partial charge in [0.2, 0.25) is 17.8 Å². The third-order valence-corrected chi connectivity index (χ3v) is 5.99. The number of aliphatic hydroxyl groups excluding tert-OH is 2. The average molecular weight is 496 g/mol. The van der Waals surface area contributed by atoms with E-state index in [-0.39, 0.29) is 49.8 Å². The van der Waals surface area contributed by atoms with Crippen molar-refractivity contribution in [2.75, 3.05) is 102 Å².